The summed E-state index contributed by atoms with van der Waals surface area (Å²) in [5, 5.41) is 7.06. The number of unbranched alkanes of at least 4 members (excludes halogenated alkanes) is 1. The fraction of sp³-hybridized carbons (Fsp3) is 0.762. The smallest absolute Gasteiger partial charge is 0.334 e. The van der Waals surface area contributed by atoms with Gasteiger partial charge in [-0.1, -0.05) is 34.9 Å². The average molecular weight is 518 g/mol. The lowest BCUT2D eigenvalue weighted by Crippen LogP contribution is -2.34. The maximum atomic E-state index is 12.0. The maximum absolute atomic E-state index is 12.0. The third-order valence-corrected chi connectivity index (χ3v) is 9.84. The van der Waals surface area contributed by atoms with E-state index in [1.165, 1.54) is 10.8 Å². The fourth-order valence-corrected chi connectivity index (χ4v) is 7.62. The summed E-state index contributed by atoms with van der Waals surface area (Å²) in [5.41, 5.74) is 0. The predicted octanol–water partition coefficient (Wildman–Crippen LogP) is 1.91. The number of hydrogen-bond acceptors (Lipinski definition) is 9. The number of rotatable bonds is 13. The first-order chi connectivity index (χ1) is 15.8. The van der Waals surface area contributed by atoms with Crippen LogP contribution in [-0.2, 0) is 28.8 Å². The predicted molar refractivity (Wildman–Crippen MR) is 129 cm³/mol. The first-order valence-corrected chi connectivity index (χ1v) is 14.9. The average Bonchev–Trinajstić information content (AvgIpc) is 3.39. The zero-order valence-electron chi connectivity index (χ0n) is 18.7. The van der Waals surface area contributed by atoms with Gasteiger partial charge in [-0.25, -0.2) is 4.79 Å². The maximum Gasteiger partial charge on any atom is 0.334 e. The van der Waals surface area contributed by atoms with Crippen LogP contribution >= 0.6 is 33.3 Å². The van der Waals surface area contributed by atoms with E-state index >= 15 is 0 Å². The van der Waals surface area contributed by atoms with E-state index in [1.807, 2.05) is 11.8 Å². The van der Waals surface area contributed by atoms with Crippen LogP contribution in [0.1, 0.15) is 51.9 Å². The minimum absolute atomic E-state index is 0.0458. The highest BCUT2D eigenvalue weighted by Gasteiger charge is 2.42. The van der Waals surface area contributed by atoms with Gasteiger partial charge in [-0.15, -0.1) is 5.06 Å². The number of nitrogens with one attached hydrogen (secondary N) is 2. The normalized spacial score (nSPS) is 26.5. The van der Waals surface area contributed by atoms with Crippen LogP contribution in [-0.4, -0.2) is 69.8 Å². The summed E-state index contributed by atoms with van der Waals surface area (Å²) in [7, 11) is 3.03. The van der Waals surface area contributed by atoms with Crippen LogP contribution in [0, 0.1) is 11.8 Å². The Labute approximate surface area is 206 Å². The van der Waals surface area contributed by atoms with Gasteiger partial charge in [0.2, 0.25) is 11.8 Å². The summed E-state index contributed by atoms with van der Waals surface area (Å²) < 4.78 is 0. The molecular weight excluding hydrogens is 486 g/mol. The van der Waals surface area contributed by atoms with Gasteiger partial charge in [0.05, 0.1) is 6.42 Å². The zero-order chi connectivity index (χ0) is 23.8. The second-order valence-electron chi connectivity index (χ2n) is 8.51. The molecule has 0 aromatic carbocycles. The van der Waals surface area contributed by atoms with E-state index in [0.717, 1.165) is 25.0 Å². The van der Waals surface area contributed by atoms with Gasteiger partial charge >= 0.3 is 5.97 Å². The van der Waals surface area contributed by atoms with Gasteiger partial charge < -0.3 is 15.5 Å². The van der Waals surface area contributed by atoms with Crippen molar-refractivity contribution in [3.63, 3.8) is 0 Å². The standard InChI is InChI=1S/C21H31N3O6S3/c1-13-10-18(27)24(21(13)29)30-19(28)6-8-32-33-9-7-22-16(25)5-3-2-4-15-20-14(12-31-15)11-17(26)23-20/h13-15,20H,2-12H2,1H3,(H,22,25)(H,23,26). The molecule has 184 valence electrons. The van der Waals surface area contributed by atoms with Crippen molar-refractivity contribution in [2.24, 2.45) is 11.8 Å². The molecule has 9 nitrogen and oxygen atoms in total. The number of fused-ring (bicyclic) bond motifs is 1. The second kappa shape index (κ2) is 12.9. The van der Waals surface area contributed by atoms with Crippen LogP contribution in [0.4, 0.5) is 0 Å². The fourth-order valence-electron chi connectivity index (χ4n) is 4.09. The highest BCUT2D eigenvalue weighted by Crippen LogP contribution is 2.39. The number of hydrogen-bond donors (Lipinski definition) is 2. The molecule has 3 aliphatic rings. The molecule has 3 saturated heterocycles. The van der Waals surface area contributed by atoms with E-state index in [9.17, 15) is 24.0 Å². The molecule has 0 saturated carbocycles. The number of thioether (sulfide) groups is 1. The van der Waals surface area contributed by atoms with Gasteiger partial charge in [0.1, 0.15) is 0 Å². The van der Waals surface area contributed by atoms with Gasteiger partial charge in [-0.05, 0) is 24.5 Å². The van der Waals surface area contributed by atoms with E-state index < -0.39 is 23.7 Å². The van der Waals surface area contributed by atoms with Crippen molar-refractivity contribution in [3.8, 4) is 0 Å². The molecule has 4 amide bonds. The Morgan fingerprint density at radius 1 is 1.15 bits per heavy atom. The molecule has 0 aliphatic carbocycles. The number of carbonyl (C=O) groups excluding carboxylic acids is 5. The Bertz CT molecular complexity index is 768. The molecule has 0 spiro atoms. The van der Waals surface area contributed by atoms with E-state index in [2.05, 4.69) is 10.6 Å². The summed E-state index contributed by atoms with van der Waals surface area (Å²) in [5.74, 6) is 0.973. The Hall–Kier alpha value is -1.40. The highest BCUT2D eigenvalue weighted by atomic mass is 33.1. The first kappa shape index (κ1) is 26.2. The molecule has 4 atom stereocenters. The summed E-state index contributed by atoms with van der Waals surface area (Å²) >= 11 is 1.95. The third-order valence-electron chi connectivity index (χ3n) is 5.85. The molecule has 3 fully saturated rings. The second-order valence-corrected chi connectivity index (χ2v) is 12.5. The highest BCUT2D eigenvalue weighted by molar-refractivity contribution is 8.76. The molecule has 33 heavy (non-hydrogen) atoms. The topological polar surface area (TPSA) is 122 Å². The van der Waals surface area contributed by atoms with Crippen LogP contribution in [0.5, 0.6) is 0 Å². The molecule has 3 aliphatic heterocycles. The van der Waals surface area contributed by atoms with Crippen molar-refractivity contribution in [2.45, 2.75) is 63.2 Å². The zero-order valence-corrected chi connectivity index (χ0v) is 21.2. The van der Waals surface area contributed by atoms with Gasteiger partial charge in [-0.3, -0.25) is 19.2 Å². The third kappa shape index (κ3) is 7.81. The molecule has 2 N–H and O–H groups in total. The van der Waals surface area contributed by atoms with Crippen LogP contribution in [0.15, 0.2) is 0 Å². The van der Waals surface area contributed by atoms with Crippen molar-refractivity contribution in [1.82, 2.24) is 15.7 Å². The Kier molecular flexibility index (Phi) is 10.2. The number of hydroxylamine groups is 2. The molecular formula is C21H31N3O6S3. The number of carbonyl (C=O) groups is 5. The van der Waals surface area contributed by atoms with Crippen LogP contribution in [0.3, 0.4) is 0 Å². The Balaban J connectivity index is 1.13. The van der Waals surface area contributed by atoms with Crippen molar-refractivity contribution in [2.75, 3.05) is 23.8 Å². The quantitative estimate of drug-likeness (QED) is 0.214. The van der Waals surface area contributed by atoms with E-state index in [-0.39, 0.29) is 24.7 Å². The summed E-state index contributed by atoms with van der Waals surface area (Å²) in [4.78, 5) is 63.4. The largest absolute Gasteiger partial charge is 0.355 e. The van der Waals surface area contributed by atoms with Gasteiger partial charge in [0, 0.05) is 54.5 Å². The van der Waals surface area contributed by atoms with Crippen molar-refractivity contribution in [3.05, 3.63) is 0 Å². The molecule has 0 aromatic heterocycles. The SMILES string of the molecule is CC1CC(=O)N(OC(=O)CCSSCCNC(=O)CCCCC2SCC3CC(=O)NC32)C1=O. The van der Waals surface area contributed by atoms with Crippen LogP contribution < -0.4 is 10.6 Å². The van der Waals surface area contributed by atoms with Gasteiger partial charge in [0.25, 0.3) is 11.8 Å². The Morgan fingerprint density at radius 3 is 2.70 bits per heavy atom. The van der Waals surface area contributed by atoms with E-state index in [1.54, 1.807) is 17.7 Å². The molecule has 12 heteroatoms. The monoisotopic (exact) mass is 517 g/mol. The van der Waals surface area contributed by atoms with Crippen LogP contribution in [0.25, 0.3) is 0 Å². The lowest BCUT2D eigenvalue weighted by atomic mass is 9.97. The van der Waals surface area contributed by atoms with Gasteiger partial charge in [0.15, 0.2) is 0 Å². The summed E-state index contributed by atoms with van der Waals surface area (Å²) in [6.45, 7) is 2.19. The summed E-state index contributed by atoms with van der Waals surface area (Å²) in [6, 6.07) is 0.321. The van der Waals surface area contributed by atoms with Gasteiger partial charge in [-0.2, -0.15) is 11.8 Å². The van der Waals surface area contributed by atoms with Crippen molar-refractivity contribution in [1.29, 1.82) is 0 Å². The van der Waals surface area contributed by atoms with Crippen molar-refractivity contribution < 1.29 is 28.8 Å². The molecule has 0 aromatic rings. The van der Waals surface area contributed by atoms with Crippen molar-refractivity contribution >= 4 is 62.9 Å². The number of amides is 4. The lowest BCUT2D eigenvalue weighted by Gasteiger charge is -2.17. The molecule has 0 bridgehead atoms. The summed E-state index contributed by atoms with van der Waals surface area (Å²) in [6.07, 6.45) is 4.21. The number of imide groups is 1. The molecule has 4 unspecified atom stereocenters. The molecule has 0 radical (unpaired) electrons. The number of nitrogens with zero attached hydrogens (tertiary/aromatic N) is 1. The molecule has 3 rings (SSSR count). The minimum Gasteiger partial charge on any atom is -0.355 e. The first-order valence-electron chi connectivity index (χ1n) is 11.3. The van der Waals surface area contributed by atoms with E-state index in [4.69, 9.17) is 4.84 Å². The van der Waals surface area contributed by atoms with Crippen LogP contribution in [0.2, 0.25) is 0 Å². The van der Waals surface area contributed by atoms with E-state index in [0.29, 0.717) is 53.2 Å². The lowest BCUT2D eigenvalue weighted by molar-refractivity contribution is -0.197. The Morgan fingerprint density at radius 2 is 1.94 bits per heavy atom. The molecule has 3 heterocycles. The minimum atomic E-state index is -0.603.